The number of hydrogen-bond donors (Lipinski definition) is 0. The fourth-order valence-corrected chi connectivity index (χ4v) is 4.16. The molecule has 1 aliphatic heterocycles. The molecule has 21 heavy (non-hydrogen) atoms. The van der Waals surface area contributed by atoms with E-state index in [1.807, 2.05) is 6.92 Å². The molecule has 0 amide bonds. The van der Waals surface area contributed by atoms with Crippen molar-refractivity contribution in [3.8, 4) is 0 Å². The van der Waals surface area contributed by atoms with Crippen LogP contribution in [0.15, 0.2) is 42.5 Å². The van der Waals surface area contributed by atoms with Crippen LogP contribution in [-0.4, -0.2) is 19.0 Å². The van der Waals surface area contributed by atoms with Crippen molar-refractivity contribution in [3.05, 3.63) is 48.0 Å². The number of Topliss-reactive ketones (excluding diaryl/α,β-unsaturated/α-hetero) is 1. The van der Waals surface area contributed by atoms with E-state index in [9.17, 15) is 4.79 Å². The Kier molecular flexibility index (Phi) is 2.90. The first-order valence-electron chi connectivity index (χ1n) is 7.83. The molecule has 1 aliphatic carbocycles. The van der Waals surface area contributed by atoms with Crippen molar-refractivity contribution in [1.29, 1.82) is 0 Å². The van der Waals surface area contributed by atoms with Crippen molar-refractivity contribution in [2.24, 2.45) is 11.3 Å². The van der Waals surface area contributed by atoms with Crippen molar-refractivity contribution >= 4 is 16.6 Å². The highest BCUT2D eigenvalue weighted by molar-refractivity contribution is 5.85. The summed E-state index contributed by atoms with van der Waals surface area (Å²) in [6.45, 7) is 3.61. The second kappa shape index (κ2) is 4.67. The third-order valence-electron chi connectivity index (χ3n) is 5.36. The minimum Gasteiger partial charge on any atom is -0.380 e. The fraction of sp³-hybridized carbons (Fsp3) is 0.421. The topological polar surface area (TPSA) is 26.3 Å². The van der Waals surface area contributed by atoms with E-state index < -0.39 is 0 Å². The first kappa shape index (κ1) is 13.0. The third kappa shape index (κ3) is 1.86. The lowest BCUT2D eigenvalue weighted by Gasteiger charge is -2.59. The largest absolute Gasteiger partial charge is 0.380 e. The fourth-order valence-electron chi connectivity index (χ4n) is 4.16. The lowest BCUT2D eigenvalue weighted by Crippen LogP contribution is -2.60. The zero-order valence-corrected chi connectivity index (χ0v) is 12.3. The van der Waals surface area contributed by atoms with Crippen LogP contribution in [0, 0.1) is 11.3 Å². The summed E-state index contributed by atoms with van der Waals surface area (Å²) in [5.74, 6) is 0.953. The van der Waals surface area contributed by atoms with Crippen molar-refractivity contribution in [2.45, 2.75) is 25.7 Å². The molecule has 0 N–H and O–H groups in total. The highest BCUT2D eigenvalue weighted by atomic mass is 16.5. The molecule has 2 aliphatic rings. The smallest absolute Gasteiger partial charge is 0.136 e. The average Bonchev–Trinajstić information content (AvgIpc) is 2.44. The quantitative estimate of drug-likeness (QED) is 0.851. The van der Waals surface area contributed by atoms with E-state index in [0.717, 1.165) is 19.6 Å². The molecule has 1 heterocycles. The van der Waals surface area contributed by atoms with Crippen molar-refractivity contribution in [3.63, 3.8) is 0 Å². The molecule has 1 saturated carbocycles. The van der Waals surface area contributed by atoms with E-state index in [4.69, 9.17) is 4.74 Å². The van der Waals surface area contributed by atoms with Crippen LogP contribution >= 0.6 is 0 Å². The van der Waals surface area contributed by atoms with Gasteiger partial charge in [-0.2, -0.15) is 0 Å². The van der Waals surface area contributed by atoms with E-state index in [0.29, 0.717) is 18.1 Å². The van der Waals surface area contributed by atoms with E-state index in [1.54, 1.807) is 0 Å². The Morgan fingerprint density at radius 3 is 2.62 bits per heavy atom. The summed E-state index contributed by atoms with van der Waals surface area (Å²) in [6, 6.07) is 15.1. The standard InChI is InChI=1S/C19H20O2/c1-2-17(20)16-10-19(11-21-12-19)18(16)15-8-7-13-5-3-4-6-14(13)9-15/h3-9,16,18H,2,10-12H2,1H3. The lowest BCUT2D eigenvalue weighted by atomic mass is 9.49. The SMILES string of the molecule is CCC(=O)C1CC2(COC2)C1c1ccc2ccccc2c1. The maximum absolute atomic E-state index is 12.2. The van der Waals surface area contributed by atoms with Gasteiger partial charge < -0.3 is 4.74 Å². The van der Waals surface area contributed by atoms with Crippen LogP contribution in [0.5, 0.6) is 0 Å². The Balaban J connectivity index is 1.74. The van der Waals surface area contributed by atoms with Crippen LogP contribution in [-0.2, 0) is 9.53 Å². The van der Waals surface area contributed by atoms with Gasteiger partial charge in [0.1, 0.15) is 5.78 Å². The molecule has 0 bridgehead atoms. The molecule has 4 rings (SSSR count). The number of benzene rings is 2. The van der Waals surface area contributed by atoms with Gasteiger partial charge in [-0.05, 0) is 22.8 Å². The van der Waals surface area contributed by atoms with Gasteiger partial charge in [0.15, 0.2) is 0 Å². The first-order chi connectivity index (χ1) is 10.2. The van der Waals surface area contributed by atoms with Crippen molar-refractivity contribution < 1.29 is 9.53 Å². The Bertz CT molecular complexity index is 700. The van der Waals surface area contributed by atoms with Crippen LogP contribution < -0.4 is 0 Å². The predicted molar refractivity (Wildman–Crippen MR) is 83.3 cm³/mol. The number of fused-ring (bicyclic) bond motifs is 1. The Hall–Kier alpha value is -1.67. The molecule has 2 aromatic carbocycles. The Labute approximate surface area is 125 Å². The number of carbonyl (C=O) groups excluding carboxylic acids is 1. The molecular weight excluding hydrogens is 260 g/mol. The minimum absolute atomic E-state index is 0.195. The second-order valence-corrected chi connectivity index (χ2v) is 6.57. The molecule has 1 spiro atoms. The van der Waals surface area contributed by atoms with Gasteiger partial charge in [-0.1, -0.05) is 49.4 Å². The monoisotopic (exact) mass is 280 g/mol. The molecule has 2 atom stereocenters. The molecule has 1 saturated heterocycles. The Morgan fingerprint density at radius 1 is 1.19 bits per heavy atom. The summed E-state index contributed by atoms with van der Waals surface area (Å²) < 4.78 is 5.47. The van der Waals surface area contributed by atoms with Crippen LogP contribution in [0.3, 0.4) is 0 Å². The maximum atomic E-state index is 12.2. The highest BCUT2D eigenvalue weighted by Crippen LogP contribution is 2.61. The molecule has 2 heteroatoms. The second-order valence-electron chi connectivity index (χ2n) is 6.57. The first-order valence-corrected chi connectivity index (χ1v) is 7.83. The predicted octanol–water partition coefficient (Wildman–Crippen LogP) is 3.94. The third-order valence-corrected chi connectivity index (χ3v) is 5.36. The average molecular weight is 280 g/mol. The minimum atomic E-state index is 0.195. The summed E-state index contributed by atoms with van der Waals surface area (Å²) in [5.41, 5.74) is 1.55. The normalized spacial score (nSPS) is 26.3. The van der Waals surface area contributed by atoms with E-state index in [1.165, 1.54) is 16.3 Å². The van der Waals surface area contributed by atoms with Crippen LogP contribution in [0.1, 0.15) is 31.2 Å². The highest BCUT2D eigenvalue weighted by Gasteiger charge is 2.60. The van der Waals surface area contributed by atoms with Gasteiger partial charge in [0.2, 0.25) is 0 Å². The molecule has 2 unspecified atom stereocenters. The zero-order chi connectivity index (χ0) is 14.4. The summed E-state index contributed by atoms with van der Waals surface area (Å²) in [5, 5.41) is 2.53. The van der Waals surface area contributed by atoms with Gasteiger partial charge in [0, 0.05) is 23.7 Å². The number of ketones is 1. The van der Waals surface area contributed by atoms with Gasteiger partial charge in [0.05, 0.1) is 13.2 Å². The number of hydrogen-bond acceptors (Lipinski definition) is 2. The van der Waals surface area contributed by atoms with E-state index in [-0.39, 0.29) is 11.3 Å². The summed E-state index contributed by atoms with van der Waals surface area (Å²) in [4.78, 5) is 12.2. The van der Waals surface area contributed by atoms with Gasteiger partial charge in [0.25, 0.3) is 0 Å². The number of carbonyl (C=O) groups is 1. The molecule has 0 aromatic heterocycles. The van der Waals surface area contributed by atoms with Crippen molar-refractivity contribution in [1.82, 2.24) is 0 Å². The van der Waals surface area contributed by atoms with E-state index in [2.05, 4.69) is 42.5 Å². The Morgan fingerprint density at radius 2 is 1.95 bits per heavy atom. The van der Waals surface area contributed by atoms with Crippen LogP contribution in [0.2, 0.25) is 0 Å². The molecular formula is C19H20O2. The van der Waals surface area contributed by atoms with Gasteiger partial charge in [-0.25, -0.2) is 0 Å². The summed E-state index contributed by atoms with van der Waals surface area (Å²) >= 11 is 0. The zero-order valence-electron chi connectivity index (χ0n) is 12.3. The molecule has 108 valence electrons. The number of rotatable bonds is 3. The van der Waals surface area contributed by atoms with Gasteiger partial charge >= 0.3 is 0 Å². The van der Waals surface area contributed by atoms with Gasteiger partial charge in [-0.3, -0.25) is 4.79 Å². The van der Waals surface area contributed by atoms with Crippen LogP contribution in [0.25, 0.3) is 10.8 Å². The number of ether oxygens (including phenoxy) is 1. The van der Waals surface area contributed by atoms with Crippen LogP contribution in [0.4, 0.5) is 0 Å². The molecule has 0 radical (unpaired) electrons. The van der Waals surface area contributed by atoms with E-state index >= 15 is 0 Å². The van der Waals surface area contributed by atoms with Crippen molar-refractivity contribution in [2.75, 3.05) is 13.2 Å². The molecule has 2 aromatic rings. The lowest BCUT2D eigenvalue weighted by molar-refractivity contribution is -0.197. The maximum Gasteiger partial charge on any atom is 0.136 e. The van der Waals surface area contributed by atoms with Gasteiger partial charge in [-0.15, -0.1) is 0 Å². The summed E-state index contributed by atoms with van der Waals surface area (Å²) in [6.07, 6.45) is 1.66. The molecule has 2 fully saturated rings. The summed E-state index contributed by atoms with van der Waals surface area (Å²) in [7, 11) is 0. The molecule has 2 nitrogen and oxygen atoms in total.